The first-order chi connectivity index (χ1) is 17.5. The lowest BCUT2D eigenvalue weighted by molar-refractivity contribution is 0.0524. The summed E-state index contributed by atoms with van der Waals surface area (Å²) in [5.74, 6) is -0.547. The fourth-order valence-electron chi connectivity index (χ4n) is 5.47. The number of esters is 1. The first-order valence-corrected chi connectivity index (χ1v) is 13.0. The molecule has 0 aliphatic rings. The molecule has 0 saturated carbocycles. The molecule has 4 rings (SSSR count). The third-order valence-electron chi connectivity index (χ3n) is 7.18. The van der Waals surface area contributed by atoms with E-state index >= 15 is 0 Å². The molecular formula is C31H37N3O2. The van der Waals surface area contributed by atoms with Crippen LogP contribution in [-0.2, 0) is 11.3 Å². The number of pyridine rings is 1. The van der Waals surface area contributed by atoms with Gasteiger partial charge in [-0.15, -0.1) is 0 Å². The van der Waals surface area contributed by atoms with E-state index in [0.29, 0.717) is 12.2 Å². The second-order valence-corrected chi connectivity index (χ2v) is 9.06. The molecule has 0 fully saturated rings. The molecule has 1 unspecified atom stereocenters. The number of carbonyl (C=O) groups is 1. The highest BCUT2D eigenvalue weighted by Gasteiger charge is 2.30. The van der Waals surface area contributed by atoms with Crippen LogP contribution >= 0.6 is 0 Å². The molecular weight excluding hydrogens is 446 g/mol. The average Bonchev–Trinajstić information content (AvgIpc) is 3.17. The number of carbonyl (C=O) groups excluding carboxylic acids is 1. The zero-order valence-corrected chi connectivity index (χ0v) is 22.3. The van der Waals surface area contributed by atoms with E-state index in [4.69, 9.17) is 9.72 Å². The number of aromatic nitrogens is 2. The van der Waals surface area contributed by atoms with Crippen molar-refractivity contribution in [1.82, 2.24) is 9.55 Å². The summed E-state index contributed by atoms with van der Waals surface area (Å²) in [6.07, 6.45) is 1.78. The van der Waals surface area contributed by atoms with E-state index in [1.165, 1.54) is 33.4 Å². The fourth-order valence-corrected chi connectivity index (χ4v) is 5.47. The van der Waals surface area contributed by atoms with Crippen molar-refractivity contribution in [2.75, 3.05) is 24.6 Å². The summed E-state index contributed by atoms with van der Waals surface area (Å²) in [6, 6.07) is 18.9. The largest absolute Gasteiger partial charge is 0.462 e. The van der Waals surface area contributed by atoms with Crippen LogP contribution in [0.5, 0.6) is 0 Å². The molecule has 5 heteroatoms. The highest BCUT2D eigenvalue weighted by Crippen LogP contribution is 2.42. The predicted octanol–water partition coefficient (Wildman–Crippen LogP) is 6.88. The highest BCUT2D eigenvalue weighted by molar-refractivity contribution is 5.93. The molecule has 36 heavy (non-hydrogen) atoms. The van der Waals surface area contributed by atoms with Crippen LogP contribution in [0.3, 0.4) is 0 Å². The number of rotatable bonds is 9. The zero-order valence-electron chi connectivity index (χ0n) is 22.3. The van der Waals surface area contributed by atoms with Gasteiger partial charge in [-0.25, -0.2) is 4.79 Å². The van der Waals surface area contributed by atoms with Crippen molar-refractivity contribution in [1.29, 1.82) is 0 Å². The van der Waals surface area contributed by atoms with Gasteiger partial charge in [0.15, 0.2) is 0 Å². The Morgan fingerprint density at radius 3 is 2.42 bits per heavy atom. The van der Waals surface area contributed by atoms with Crippen LogP contribution < -0.4 is 4.90 Å². The van der Waals surface area contributed by atoms with E-state index < -0.39 is 0 Å². The summed E-state index contributed by atoms with van der Waals surface area (Å²) in [5.41, 5.74) is 8.37. The lowest BCUT2D eigenvalue weighted by atomic mass is 9.82. The topological polar surface area (TPSA) is 47.4 Å². The lowest BCUT2D eigenvalue weighted by Crippen LogP contribution is -2.22. The van der Waals surface area contributed by atoms with E-state index in [1.807, 2.05) is 19.1 Å². The van der Waals surface area contributed by atoms with Crippen molar-refractivity contribution in [2.24, 2.45) is 0 Å². The molecule has 188 valence electrons. The maximum absolute atomic E-state index is 13.1. The van der Waals surface area contributed by atoms with E-state index in [0.717, 1.165) is 30.9 Å². The summed E-state index contributed by atoms with van der Waals surface area (Å²) in [7, 11) is 0. The number of hydrogen-bond acceptors (Lipinski definition) is 4. The van der Waals surface area contributed by atoms with Gasteiger partial charge in [0.2, 0.25) is 0 Å². The third kappa shape index (κ3) is 4.50. The number of fused-ring (bicyclic) bond motifs is 1. The zero-order chi connectivity index (χ0) is 25.8. The number of para-hydroxylation sites is 1. The second-order valence-electron chi connectivity index (χ2n) is 9.06. The Morgan fingerprint density at radius 2 is 1.75 bits per heavy atom. The van der Waals surface area contributed by atoms with Crippen molar-refractivity contribution < 1.29 is 9.53 Å². The standard InChI is InChI=1S/C31H37N3O2/c1-7-33(8-2)23-17-18-24(21(5)20-23)29(30-26(15-13-19-32-30)31(35)36-10-4)28-22(6)34(9-3)27-16-12-11-14-25(27)28/h11-20,29H,7-10H2,1-6H3. The van der Waals surface area contributed by atoms with E-state index in [2.05, 4.69) is 86.6 Å². The average molecular weight is 484 g/mol. The maximum atomic E-state index is 13.1. The summed E-state index contributed by atoms with van der Waals surface area (Å²) < 4.78 is 7.81. The van der Waals surface area contributed by atoms with Crippen LogP contribution in [0.2, 0.25) is 0 Å². The van der Waals surface area contributed by atoms with Gasteiger partial charge in [0, 0.05) is 48.1 Å². The molecule has 0 spiro atoms. The number of benzene rings is 2. The van der Waals surface area contributed by atoms with Crippen LogP contribution in [0.4, 0.5) is 5.69 Å². The van der Waals surface area contributed by atoms with Gasteiger partial charge in [0.1, 0.15) is 0 Å². The van der Waals surface area contributed by atoms with Gasteiger partial charge in [-0.2, -0.15) is 0 Å². The van der Waals surface area contributed by atoms with Gasteiger partial charge in [0.05, 0.1) is 23.8 Å². The van der Waals surface area contributed by atoms with E-state index in [9.17, 15) is 4.79 Å². The Labute approximate surface area is 214 Å². The van der Waals surface area contributed by atoms with Crippen molar-refractivity contribution >= 4 is 22.6 Å². The SMILES string of the molecule is CCOC(=O)c1cccnc1C(c1ccc(N(CC)CC)cc1C)c1c(C)n(CC)c2ccccc12. The predicted molar refractivity (Wildman–Crippen MR) is 148 cm³/mol. The van der Waals surface area contributed by atoms with Crippen LogP contribution in [0, 0.1) is 13.8 Å². The smallest absolute Gasteiger partial charge is 0.340 e. The fraction of sp³-hybridized carbons (Fsp3) is 0.355. The van der Waals surface area contributed by atoms with Crippen molar-refractivity contribution in [2.45, 2.75) is 54.0 Å². The Bertz CT molecular complexity index is 1370. The maximum Gasteiger partial charge on any atom is 0.340 e. The minimum absolute atomic E-state index is 0.214. The van der Waals surface area contributed by atoms with E-state index in [-0.39, 0.29) is 11.9 Å². The third-order valence-corrected chi connectivity index (χ3v) is 7.18. The summed E-state index contributed by atoms with van der Waals surface area (Å²) in [5, 5.41) is 1.19. The molecule has 4 aromatic rings. The van der Waals surface area contributed by atoms with Crippen LogP contribution in [-0.4, -0.2) is 35.2 Å². The Morgan fingerprint density at radius 1 is 1.00 bits per heavy atom. The molecule has 0 radical (unpaired) electrons. The second kappa shape index (κ2) is 11.0. The van der Waals surface area contributed by atoms with Gasteiger partial charge in [0.25, 0.3) is 0 Å². The number of ether oxygens (including phenoxy) is 1. The van der Waals surface area contributed by atoms with Crippen molar-refractivity contribution in [3.63, 3.8) is 0 Å². The first kappa shape index (κ1) is 25.5. The number of anilines is 1. The lowest BCUT2D eigenvalue weighted by Gasteiger charge is -2.26. The molecule has 0 aliphatic heterocycles. The van der Waals surface area contributed by atoms with Crippen molar-refractivity contribution in [3.05, 3.63) is 94.4 Å². The number of hydrogen-bond donors (Lipinski definition) is 0. The highest BCUT2D eigenvalue weighted by atomic mass is 16.5. The molecule has 2 aromatic carbocycles. The molecule has 2 aromatic heterocycles. The summed E-state index contributed by atoms with van der Waals surface area (Å²) in [6.45, 7) is 15.8. The Kier molecular flexibility index (Phi) is 7.78. The molecule has 5 nitrogen and oxygen atoms in total. The monoisotopic (exact) mass is 483 g/mol. The van der Waals surface area contributed by atoms with Gasteiger partial charge in [-0.3, -0.25) is 4.98 Å². The molecule has 0 amide bonds. The van der Waals surface area contributed by atoms with Gasteiger partial charge in [-0.1, -0.05) is 24.3 Å². The van der Waals surface area contributed by atoms with Crippen LogP contribution in [0.25, 0.3) is 10.9 Å². The van der Waals surface area contributed by atoms with Crippen LogP contribution in [0.1, 0.15) is 72.0 Å². The number of nitrogens with zero attached hydrogens (tertiary/aromatic N) is 3. The molecule has 0 bridgehead atoms. The summed E-state index contributed by atoms with van der Waals surface area (Å²) >= 11 is 0. The molecule has 2 heterocycles. The van der Waals surface area contributed by atoms with Gasteiger partial charge < -0.3 is 14.2 Å². The summed E-state index contributed by atoms with van der Waals surface area (Å²) in [4.78, 5) is 20.3. The number of aryl methyl sites for hydroxylation is 2. The van der Waals surface area contributed by atoms with Gasteiger partial charge in [-0.05, 0) is 88.6 Å². The van der Waals surface area contributed by atoms with Crippen molar-refractivity contribution in [3.8, 4) is 0 Å². The molecule has 1 atom stereocenters. The molecule has 0 N–H and O–H groups in total. The van der Waals surface area contributed by atoms with Gasteiger partial charge >= 0.3 is 5.97 Å². The normalized spacial score (nSPS) is 12.1. The van der Waals surface area contributed by atoms with E-state index in [1.54, 1.807) is 6.20 Å². The quantitative estimate of drug-likeness (QED) is 0.244. The Balaban J connectivity index is 2.04. The minimum atomic E-state index is -0.333. The first-order valence-electron chi connectivity index (χ1n) is 13.0. The molecule has 0 aliphatic carbocycles. The minimum Gasteiger partial charge on any atom is -0.462 e. The van der Waals surface area contributed by atoms with Crippen LogP contribution in [0.15, 0.2) is 60.8 Å². The molecule has 0 saturated heterocycles. The Hall–Kier alpha value is -3.60.